The van der Waals surface area contributed by atoms with Crippen molar-refractivity contribution in [2.75, 3.05) is 18.8 Å². The number of nitrogens with zero attached hydrogens (tertiary/aromatic N) is 5. The first kappa shape index (κ1) is 24.5. The lowest BCUT2D eigenvalue weighted by Crippen LogP contribution is -2.47. The van der Waals surface area contributed by atoms with Gasteiger partial charge in [-0.1, -0.05) is 24.8 Å². The summed E-state index contributed by atoms with van der Waals surface area (Å²) in [5.41, 5.74) is 8.46. The molecule has 2 aliphatic heterocycles. The second-order valence-corrected chi connectivity index (χ2v) is 10.2. The van der Waals surface area contributed by atoms with Crippen LogP contribution < -0.4 is 10.5 Å². The number of benzene rings is 2. The zero-order valence-corrected chi connectivity index (χ0v) is 21.4. The Morgan fingerprint density at radius 1 is 1.11 bits per heavy atom. The lowest BCUT2D eigenvalue weighted by molar-refractivity contribution is -0.0922. The van der Waals surface area contributed by atoms with Crippen LogP contribution >= 0.6 is 0 Å². The molecule has 196 valence electrons. The minimum Gasteiger partial charge on any atom is -0.457 e. The molecular formula is C29H32N6O3. The van der Waals surface area contributed by atoms with Gasteiger partial charge in [-0.05, 0) is 62.2 Å². The summed E-state index contributed by atoms with van der Waals surface area (Å²) in [5.74, 6) is 1.91. The quantitative estimate of drug-likeness (QED) is 0.362. The number of hydrogen-bond donors (Lipinski definition) is 2. The van der Waals surface area contributed by atoms with Gasteiger partial charge < -0.3 is 20.3 Å². The lowest BCUT2D eigenvalue weighted by atomic mass is 9.87. The van der Waals surface area contributed by atoms with Gasteiger partial charge in [-0.2, -0.15) is 5.10 Å². The van der Waals surface area contributed by atoms with Gasteiger partial charge in [0.1, 0.15) is 35.6 Å². The standard InChI is InChI=1S/C29H32N6O3/c1-3-24(36)34-15-13-29(14-16-34)17-23(19(2)38-29)35-28-25(27(30)31-18-32-28)26(33-35)20-9-11-22(12-10-20)37-21-7-5-4-6-8-21/h3-12,18-19,23-24,36H,1,13-17H2,2H3,(H2,30,31,32). The van der Waals surface area contributed by atoms with Crippen molar-refractivity contribution in [2.45, 2.75) is 50.2 Å². The molecule has 3 atom stereocenters. The molecule has 4 heterocycles. The number of likely N-dealkylation sites (tertiary alicyclic amines) is 1. The highest BCUT2D eigenvalue weighted by molar-refractivity contribution is 5.98. The Hall–Kier alpha value is -3.79. The number of aliphatic hydroxyl groups excluding tert-OH is 1. The largest absolute Gasteiger partial charge is 0.457 e. The molecule has 0 amide bonds. The van der Waals surface area contributed by atoms with Crippen LogP contribution in [-0.4, -0.2) is 60.8 Å². The van der Waals surface area contributed by atoms with Gasteiger partial charge in [-0.3, -0.25) is 4.90 Å². The average Bonchev–Trinajstić information content (AvgIpc) is 3.48. The van der Waals surface area contributed by atoms with Gasteiger partial charge in [0.2, 0.25) is 0 Å². The maximum atomic E-state index is 10.2. The highest BCUT2D eigenvalue weighted by Gasteiger charge is 2.48. The van der Waals surface area contributed by atoms with Crippen LogP contribution in [0.1, 0.15) is 32.2 Å². The molecular weight excluding hydrogens is 480 g/mol. The van der Waals surface area contributed by atoms with E-state index in [0.29, 0.717) is 11.5 Å². The number of anilines is 1. The van der Waals surface area contributed by atoms with E-state index in [4.69, 9.17) is 20.3 Å². The minimum absolute atomic E-state index is 0.00267. The van der Waals surface area contributed by atoms with E-state index in [9.17, 15) is 5.11 Å². The Kier molecular flexibility index (Phi) is 6.35. The lowest BCUT2D eigenvalue weighted by Gasteiger charge is -2.40. The number of rotatable bonds is 6. The van der Waals surface area contributed by atoms with Crippen molar-refractivity contribution in [2.24, 2.45) is 0 Å². The van der Waals surface area contributed by atoms with Crippen molar-refractivity contribution in [1.29, 1.82) is 0 Å². The van der Waals surface area contributed by atoms with Gasteiger partial charge in [-0.25, -0.2) is 14.6 Å². The summed E-state index contributed by atoms with van der Waals surface area (Å²) < 4.78 is 14.5. The fourth-order valence-electron chi connectivity index (χ4n) is 5.75. The highest BCUT2D eigenvalue weighted by atomic mass is 16.5. The van der Waals surface area contributed by atoms with E-state index in [2.05, 4.69) is 23.5 Å². The molecule has 0 aliphatic carbocycles. The number of para-hydroxylation sites is 1. The Bertz CT molecular complexity index is 1430. The fourth-order valence-corrected chi connectivity index (χ4v) is 5.75. The number of fused-ring (bicyclic) bond motifs is 1. The molecule has 2 saturated heterocycles. The number of aromatic nitrogens is 4. The second-order valence-electron chi connectivity index (χ2n) is 10.2. The number of nitrogen functional groups attached to an aromatic ring is 1. The molecule has 2 fully saturated rings. The molecule has 1 spiro atoms. The van der Waals surface area contributed by atoms with Crippen LogP contribution in [0.4, 0.5) is 5.82 Å². The smallest absolute Gasteiger partial charge is 0.164 e. The van der Waals surface area contributed by atoms with Crippen molar-refractivity contribution >= 4 is 16.9 Å². The van der Waals surface area contributed by atoms with E-state index < -0.39 is 6.23 Å². The third-order valence-electron chi connectivity index (χ3n) is 7.79. The van der Waals surface area contributed by atoms with Gasteiger partial charge >= 0.3 is 0 Å². The average molecular weight is 513 g/mol. The maximum absolute atomic E-state index is 10.2. The van der Waals surface area contributed by atoms with Crippen molar-refractivity contribution < 1.29 is 14.6 Å². The van der Waals surface area contributed by atoms with Crippen molar-refractivity contribution in [3.8, 4) is 22.8 Å². The SMILES string of the molecule is C=CC(O)N1CCC2(CC1)CC(n1nc(-c3ccc(Oc4ccccc4)cc3)c3c(N)ncnc31)C(C)O2. The molecule has 6 rings (SSSR count). The second kappa shape index (κ2) is 9.83. The van der Waals surface area contributed by atoms with E-state index in [1.807, 2.05) is 64.2 Å². The molecule has 38 heavy (non-hydrogen) atoms. The third-order valence-corrected chi connectivity index (χ3v) is 7.79. The summed E-state index contributed by atoms with van der Waals surface area (Å²) in [5, 5.41) is 15.9. The first-order chi connectivity index (χ1) is 18.5. The normalized spacial score (nSPS) is 22.1. The van der Waals surface area contributed by atoms with Crippen LogP contribution in [0.5, 0.6) is 11.5 Å². The number of nitrogens with two attached hydrogens (primary N) is 1. The van der Waals surface area contributed by atoms with Crippen molar-refractivity contribution in [1.82, 2.24) is 24.6 Å². The van der Waals surface area contributed by atoms with E-state index in [-0.39, 0.29) is 17.7 Å². The van der Waals surface area contributed by atoms with Gasteiger partial charge in [0, 0.05) is 25.1 Å². The molecule has 0 radical (unpaired) electrons. The van der Waals surface area contributed by atoms with Gasteiger partial charge in [0.15, 0.2) is 5.65 Å². The molecule has 3 unspecified atom stereocenters. The van der Waals surface area contributed by atoms with Gasteiger partial charge in [0.05, 0.1) is 23.1 Å². The topological polar surface area (TPSA) is 112 Å². The molecule has 3 N–H and O–H groups in total. The molecule has 2 aromatic heterocycles. The molecule has 9 heteroatoms. The summed E-state index contributed by atoms with van der Waals surface area (Å²) in [6.07, 6.45) is 4.87. The maximum Gasteiger partial charge on any atom is 0.164 e. The van der Waals surface area contributed by atoms with E-state index in [1.54, 1.807) is 6.08 Å². The Morgan fingerprint density at radius 3 is 2.53 bits per heavy atom. The Balaban J connectivity index is 1.30. The zero-order chi connectivity index (χ0) is 26.3. The number of hydrogen-bond acceptors (Lipinski definition) is 8. The molecule has 2 aliphatic rings. The summed E-state index contributed by atoms with van der Waals surface area (Å²) in [6, 6.07) is 17.5. The van der Waals surface area contributed by atoms with Gasteiger partial charge in [-0.15, -0.1) is 0 Å². The van der Waals surface area contributed by atoms with Crippen LogP contribution in [0, 0.1) is 0 Å². The van der Waals surface area contributed by atoms with Gasteiger partial charge in [0.25, 0.3) is 0 Å². The molecule has 9 nitrogen and oxygen atoms in total. The molecule has 2 aromatic carbocycles. The molecule has 0 bridgehead atoms. The predicted octanol–water partition coefficient (Wildman–Crippen LogP) is 4.56. The van der Waals surface area contributed by atoms with Crippen molar-refractivity contribution in [3.05, 3.63) is 73.6 Å². The van der Waals surface area contributed by atoms with Crippen molar-refractivity contribution in [3.63, 3.8) is 0 Å². The first-order valence-electron chi connectivity index (χ1n) is 13.0. The van der Waals surface area contributed by atoms with Crippen LogP contribution in [0.15, 0.2) is 73.6 Å². The summed E-state index contributed by atoms with van der Waals surface area (Å²) in [4.78, 5) is 10.9. The van der Waals surface area contributed by atoms with Crippen LogP contribution in [0.2, 0.25) is 0 Å². The molecule has 4 aromatic rings. The minimum atomic E-state index is -0.622. The Labute approximate surface area is 221 Å². The number of ether oxygens (including phenoxy) is 2. The van der Waals surface area contributed by atoms with E-state index in [1.165, 1.54) is 6.33 Å². The monoisotopic (exact) mass is 512 g/mol. The fraction of sp³-hybridized carbons (Fsp3) is 0.345. The molecule has 0 saturated carbocycles. The predicted molar refractivity (Wildman–Crippen MR) is 146 cm³/mol. The zero-order valence-electron chi connectivity index (χ0n) is 21.4. The summed E-state index contributed by atoms with van der Waals surface area (Å²) in [6.45, 7) is 7.32. The summed E-state index contributed by atoms with van der Waals surface area (Å²) in [7, 11) is 0. The van der Waals surface area contributed by atoms with E-state index in [0.717, 1.165) is 60.5 Å². The number of aliphatic hydroxyl groups is 1. The number of piperidine rings is 1. The van der Waals surface area contributed by atoms with Crippen LogP contribution in [0.3, 0.4) is 0 Å². The van der Waals surface area contributed by atoms with Crippen LogP contribution in [0.25, 0.3) is 22.3 Å². The Morgan fingerprint density at radius 2 is 1.82 bits per heavy atom. The highest BCUT2D eigenvalue weighted by Crippen LogP contribution is 2.46. The summed E-state index contributed by atoms with van der Waals surface area (Å²) >= 11 is 0. The van der Waals surface area contributed by atoms with Crippen LogP contribution in [-0.2, 0) is 4.74 Å². The first-order valence-corrected chi connectivity index (χ1v) is 13.0. The third kappa shape index (κ3) is 4.42. The van der Waals surface area contributed by atoms with E-state index >= 15 is 0 Å².